The van der Waals surface area contributed by atoms with Gasteiger partial charge in [0.1, 0.15) is 10.6 Å². The van der Waals surface area contributed by atoms with Gasteiger partial charge in [-0.05, 0) is 31.0 Å². The van der Waals surface area contributed by atoms with Crippen LogP contribution in [0.4, 0.5) is 11.4 Å². The third kappa shape index (κ3) is 4.65. The first-order valence-electron chi connectivity index (χ1n) is 9.68. The Balaban J connectivity index is 2.05. The van der Waals surface area contributed by atoms with Gasteiger partial charge < -0.3 is 18.9 Å². The molecule has 12 heteroatoms. The van der Waals surface area contributed by atoms with Gasteiger partial charge in [0, 0.05) is 18.7 Å². The van der Waals surface area contributed by atoms with Crippen molar-refractivity contribution in [2.45, 2.75) is 17.7 Å². The van der Waals surface area contributed by atoms with E-state index in [2.05, 4.69) is 4.72 Å². The highest BCUT2D eigenvalue weighted by molar-refractivity contribution is 7.93. The molecule has 176 valence electrons. The second kappa shape index (κ2) is 9.33. The fourth-order valence-electron chi connectivity index (χ4n) is 3.46. The minimum absolute atomic E-state index is 0.0187. The zero-order valence-electron chi connectivity index (χ0n) is 18.2. The highest BCUT2D eigenvalue weighted by Gasteiger charge is 2.29. The Morgan fingerprint density at radius 1 is 0.875 bits per heavy atom. The first kappa shape index (κ1) is 23.8. The molecule has 0 amide bonds. The Labute approximate surface area is 188 Å². The number of nitrogens with one attached hydrogen (secondary N) is 1. The summed E-state index contributed by atoms with van der Waals surface area (Å²) in [5, 5.41) is 0. The first-order valence-corrected chi connectivity index (χ1v) is 12.8. The number of hydrogen-bond donors (Lipinski definition) is 1. The quantitative estimate of drug-likeness (QED) is 0.604. The number of anilines is 2. The highest BCUT2D eigenvalue weighted by Crippen LogP contribution is 2.41. The molecule has 1 saturated heterocycles. The van der Waals surface area contributed by atoms with E-state index in [0.29, 0.717) is 18.6 Å². The van der Waals surface area contributed by atoms with E-state index in [-0.39, 0.29) is 45.8 Å². The number of ether oxygens (including phenoxy) is 4. The molecule has 0 radical (unpaired) electrons. The summed E-state index contributed by atoms with van der Waals surface area (Å²) in [4.78, 5) is -0.202. The van der Waals surface area contributed by atoms with Crippen molar-refractivity contribution in [1.29, 1.82) is 0 Å². The number of hydrogen-bond acceptors (Lipinski definition) is 8. The molecule has 0 spiro atoms. The minimum atomic E-state index is -4.17. The average Bonchev–Trinajstić information content (AvgIpc) is 2.77. The van der Waals surface area contributed by atoms with Crippen LogP contribution in [0, 0.1) is 0 Å². The van der Waals surface area contributed by atoms with Crippen LogP contribution in [0.1, 0.15) is 12.8 Å². The molecule has 1 aliphatic rings. The summed E-state index contributed by atoms with van der Waals surface area (Å²) in [7, 11) is -2.07. The molecule has 0 atom stereocenters. The Kier molecular flexibility index (Phi) is 6.94. The van der Waals surface area contributed by atoms with Crippen molar-refractivity contribution in [3.05, 3.63) is 30.3 Å². The van der Waals surface area contributed by atoms with Crippen molar-refractivity contribution in [3.63, 3.8) is 0 Å². The fourth-order valence-corrected chi connectivity index (χ4v) is 6.32. The maximum absolute atomic E-state index is 13.3. The summed E-state index contributed by atoms with van der Waals surface area (Å²) in [6, 6.07) is 7.15. The number of benzene rings is 2. The number of sulfonamides is 2. The third-order valence-corrected chi connectivity index (χ3v) is 8.26. The lowest BCUT2D eigenvalue weighted by molar-refractivity contribution is 0.324. The summed E-state index contributed by atoms with van der Waals surface area (Å²) in [5.41, 5.74) is 0.424. The lowest BCUT2D eigenvalue weighted by Gasteiger charge is -2.28. The molecule has 10 nitrogen and oxygen atoms in total. The van der Waals surface area contributed by atoms with E-state index in [4.69, 9.17) is 18.9 Å². The maximum atomic E-state index is 13.3. The van der Waals surface area contributed by atoms with Gasteiger partial charge in [0.25, 0.3) is 10.0 Å². The molecule has 1 fully saturated rings. The standard InChI is InChI=1S/C20H26N2O8S2/c1-27-16-8-7-15(22-9-5-6-10-31(22,23)24)13-19(16)32(25,26)21-14-11-17(28-2)20(30-4)18(12-14)29-3/h7-8,11-13,21H,5-6,9-10H2,1-4H3. The summed E-state index contributed by atoms with van der Waals surface area (Å²) < 4.78 is 76.2. The van der Waals surface area contributed by atoms with Gasteiger partial charge in [-0.15, -0.1) is 0 Å². The summed E-state index contributed by atoms with van der Waals surface area (Å²) in [6.07, 6.45) is 1.26. The second-order valence-electron chi connectivity index (χ2n) is 6.95. The van der Waals surface area contributed by atoms with Crippen molar-refractivity contribution in [1.82, 2.24) is 0 Å². The second-order valence-corrected chi connectivity index (χ2v) is 10.6. The van der Waals surface area contributed by atoms with E-state index in [1.165, 1.54) is 63.1 Å². The molecule has 1 aliphatic heterocycles. The largest absolute Gasteiger partial charge is 0.495 e. The third-order valence-electron chi connectivity index (χ3n) is 4.99. The summed E-state index contributed by atoms with van der Waals surface area (Å²) in [6.45, 7) is 0.286. The topological polar surface area (TPSA) is 120 Å². The predicted octanol–water partition coefficient (Wildman–Crippen LogP) is 2.45. The fraction of sp³-hybridized carbons (Fsp3) is 0.400. The first-order chi connectivity index (χ1) is 15.2. The molecule has 32 heavy (non-hydrogen) atoms. The molecule has 0 aliphatic carbocycles. The molecule has 0 saturated carbocycles. The number of nitrogens with zero attached hydrogens (tertiary/aromatic N) is 1. The smallest absolute Gasteiger partial charge is 0.265 e. The molecule has 1 heterocycles. The van der Waals surface area contributed by atoms with E-state index < -0.39 is 20.0 Å². The van der Waals surface area contributed by atoms with Gasteiger partial charge in [-0.1, -0.05) is 0 Å². The molecule has 0 aromatic heterocycles. The van der Waals surface area contributed by atoms with Gasteiger partial charge in [-0.2, -0.15) is 0 Å². The minimum Gasteiger partial charge on any atom is -0.495 e. The number of rotatable bonds is 8. The molecule has 3 rings (SSSR count). The van der Waals surface area contributed by atoms with Crippen LogP contribution in [-0.4, -0.2) is 57.6 Å². The van der Waals surface area contributed by atoms with Gasteiger partial charge in [0.2, 0.25) is 15.8 Å². The monoisotopic (exact) mass is 486 g/mol. The van der Waals surface area contributed by atoms with Crippen LogP contribution in [0.5, 0.6) is 23.0 Å². The van der Waals surface area contributed by atoms with Crippen LogP contribution in [0.2, 0.25) is 0 Å². The van der Waals surface area contributed by atoms with Gasteiger partial charge in [0.05, 0.1) is 45.6 Å². The van der Waals surface area contributed by atoms with Crippen LogP contribution in [0.15, 0.2) is 35.2 Å². The molecular formula is C20H26N2O8S2. The molecule has 1 N–H and O–H groups in total. The molecular weight excluding hydrogens is 460 g/mol. The molecule has 2 aromatic carbocycles. The number of methoxy groups -OCH3 is 4. The maximum Gasteiger partial charge on any atom is 0.265 e. The van der Waals surface area contributed by atoms with Crippen LogP contribution >= 0.6 is 0 Å². The van der Waals surface area contributed by atoms with Crippen LogP contribution in [0.3, 0.4) is 0 Å². The van der Waals surface area contributed by atoms with Crippen molar-refractivity contribution >= 4 is 31.4 Å². The van der Waals surface area contributed by atoms with Crippen LogP contribution in [0.25, 0.3) is 0 Å². The SMILES string of the molecule is COc1ccc(N2CCCCS2(=O)=O)cc1S(=O)(=O)Nc1cc(OC)c(OC)c(OC)c1. The lowest BCUT2D eigenvalue weighted by atomic mass is 10.2. The van der Waals surface area contributed by atoms with E-state index >= 15 is 0 Å². The van der Waals surface area contributed by atoms with E-state index in [1.807, 2.05) is 0 Å². The van der Waals surface area contributed by atoms with E-state index in [9.17, 15) is 16.8 Å². The normalized spacial score (nSPS) is 15.7. The lowest BCUT2D eigenvalue weighted by Crippen LogP contribution is -2.37. The van der Waals surface area contributed by atoms with Gasteiger partial charge in [-0.3, -0.25) is 9.03 Å². The zero-order chi connectivity index (χ0) is 23.5. The molecule has 0 bridgehead atoms. The predicted molar refractivity (Wildman–Crippen MR) is 120 cm³/mol. The van der Waals surface area contributed by atoms with Crippen molar-refractivity contribution in [2.75, 3.05) is 49.8 Å². The average molecular weight is 487 g/mol. The Morgan fingerprint density at radius 2 is 1.50 bits per heavy atom. The van der Waals surface area contributed by atoms with Crippen LogP contribution in [-0.2, 0) is 20.0 Å². The van der Waals surface area contributed by atoms with Crippen LogP contribution < -0.4 is 28.0 Å². The van der Waals surface area contributed by atoms with E-state index in [0.717, 1.165) is 0 Å². The van der Waals surface area contributed by atoms with Crippen molar-refractivity contribution in [2.24, 2.45) is 0 Å². The Hall–Kier alpha value is -2.86. The van der Waals surface area contributed by atoms with Gasteiger partial charge >= 0.3 is 0 Å². The highest BCUT2D eigenvalue weighted by atomic mass is 32.2. The molecule has 0 unspecified atom stereocenters. The van der Waals surface area contributed by atoms with Gasteiger partial charge in [0.15, 0.2) is 11.5 Å². The van der Waals surface area contributed by atoms with Crippen molar-refractivity contribution < 1.29 is 35.8 Å². The van der Waals surface area contributed by atoms with E-state index in [1.54, 1.807) is 0 Å². The summed E-state index contributed by atoms with van der Waals surface area (Å²) in [5.74, 6) is 0.940. The Morgan fingerprint density at radius 3 is 2.03 bits per heavy atom. The summed E-state index contributed by atoms with van der Waals surface area (Å²) >= 11 is 0. The van der Waals surface area contributed by atoms with Crippen molar-refractivity contribution in [3.8, 4) is 23.0 Å². The molecule has 2 aromatic rings. The van der Waals surface area contributed by atoms with Gasteiger partial charge in [-0.25, -0.2) is 16.8 Å². The zero-order valence-corrected chi connectivity index (χ0v) is 19.9. The Bertz CT molecular complexity index is 1170.